The van der Waals surface area contributed by atoms with Crippen molar-refractivity contribution in [3.63, 3.8) is 0 Å². The highest BCUT2D eigenvalue weighted by Crippen LogP contribution is 2.45. The molecule has 6 N–H and O–H groups in total. The third kappa shape index (κ3) is 33.7. The molecule has 0 atom stereocenters. The predicted molar refractivity (Wildman–Crippen MR) is 576 cm³/mol. The summed E-state index contributed by atoms with van der Waals surface area (Å²) in [5.74, 6) is 6.77. The number of ether oxygens (including phenoxy) is 14. The molecular weight excluding hydrogens is 1890 g/mol. The first kappa shape index (κ1) is 114. The average molecular weight is 2030 g/mol. The lowest BCUT2D eigenvalue weighted by molar-refractivity contribution is 0.185. The summed E-state index contributed by atoms with van der Waals surface area (Å²) in [4.78, 5) is 69.7. The Morgan fingerprint density at radius 3 is 0.792 bits per heavy atom. The van der Waals surface area contributed by atoms with Crippen molar-refractivity contribution >= 4 is 86.6 Å². The van der Waals surface area contributed by atoms with Gasteiger partial charge in [0.15, 0.2) is 0 Å². The molecule has 1 saturated carbocycles. The number of methoxy groups -OCH3 is 7. The maximum Gasteiger partial charge on any atom is 0.411 e. The van der Waals surface area contributed by atoms with Crippen molar-refractivity contribution in [2.45, 2.75) is 210 Å². The number of amides is 6. The molecule has 13 rings (SSSR count). The highest BCUT2D eigenvalue weighted by atomic mass is 79.9. The number of nitrogens with one attached hydrogen (secondary N) is 6. The van der Waals surface area contributed by atoms with Gasteiger partial charge in [0.05, 0.1) is 90.5 Å². The molecule has 0 spiro atoms. The molecule has 6 amide bonds. The van der Waals surface area contributed by atoms with Crippen LogP contribution in [0.3, 0.4) is 0 Å². The van der Waals surface area contributed by atoms with Crippen LogP contribution in [0.1, 0.15) is 183 Å². The van der Waals surface area contributed by atoms with Crippen LogP contribution in [-0.2, 0) is 74.5 Å². The van der Waals surface area contributed by atoms with Crippen LogP contribution in [0.25, 0.3) is 0 Å². The van der Waals surface area contributed by atoms with Crippen molar-refractivity contribution in [1.82, 2.24) is 0 Å². The van der Waals surface area contributed by atoms with E-state index in [1.54, 1.807) is 19.2 Å². The van der Waals surface area contributed by atoms with Crippen molar-refractivity contribution in [3.8, 4) is 46.0 Å². The van der Waals surface area contributed by atoms with Crippen LogP contribution < -0.4 is 69.8 Å². The van der Waals surface area contributed by atoms with Crippen molar-refractivity contribution < 1.29 is 95.1 Å². The normalized spacial score (nSPS) is 10.8. The van der Waals surface area contributed by atoms with E-state index in [4.69, 9.17) is 52.1 Å². The summed E-state index contributed by atoms with van der Waals surface area (Å²) in [5.41, 5.74) is 33.7. The number of anilines is 6. The molecule has 27 heteroatoms. The second kappa shape index (κ2) is 56.1. The Labute approximate surface area is 857 Å². The van der Waals surface area contributed by atoms with Crippen LogP contribution in [-0.4, -0.2) is 92.9 Å². The highest BCUT2D eigenvalue weighted by Gasteiger charge is 2.29. The Balaban J connectivity index is 0.000000211. The first-order valence-electron chi connectivity index (χ1n) is 47.5. The number of benzene rings is 12. The lowest BCUT2D eigenvalue weighted by atomic mass is 10.0. The van der Waals surface area contributed by atoms with Crippen LogP contribution in [0.4, 0.5) is 62.9 Å². The Bertz CT molecular complexity index is 6210. The SMILES string of the molecule is CCOc1cccc(COc2cc(C)c(C)cc2C)c1NC(=O)OC.CCc1cccc(COc2cc(C)c(C)cc2C)c1NC(=O)OC.COC(=O)Nc1c(Br)cccc1COc1cc(C)c(C)cc1C.COC(=O)Nc1c(C)cccc1COc1cc(C)c(C)cc1C.COC(=O)Nc1c(COc2cc(C)c(C)cc2C)cccc1C1CC1.COC(=O)Nc1c(COc2cc(C)c(C)cc2C)cccc1OC. The average Bonchev–Trinajstić information content (AvgIpc) is 1.61. The molecule has 0 heterocycles. The summed E-state index contributed by atoms with van der Waals surface area (Å²) in [7, 11) is 9.62. The monoisotopic (exact) mass is 2030 g/mol. The fourth-order valence-electron chi connectivity index (χ4n) is 15.2. The minimum atomic E-state index is -0.553. The van der Waals surface area contributed by atoms with E-state index in [1.807, 2.05) is 164 Å². The van der Waals surface area contributed by atoms with Crippen LogP contribution in [0.2, 0.25) is 0 Å². The summed E-state index contributed by atoms with van der Waals surface area (Å²) < 4.78 is 75.9. The third-order valence-electron chi connectivity index (χ3n) is 24.5. The van der Waals surface area contributed by atoms with E-state index in [0.29, 0.717) is 80.7 Å². The van der Waals surface area contributed by atoms with E-state index < -0.39 is 36.6 Å². The zero-order valence-corrected chi connectivity index (χ0v) is 90.1. The second-order valence-electron chi connectivity index (χ2n) is 35.2. The number of halogens is 1. The maximum atomic E-state index is 11.8. The molecule has 1 aliphatic carbocycles. The minimum absolute atomic E-state index is 0.305. The van der Waals surface area contributed by atoms with E-state index in [9.17, 15) is 28.8 Å². The molecule has 0 unspecified atom stereocenters. The lowest BCUT2D eigenvalue weighted by Gasteiger charge is -2.17. The lowest BCUT2D eigenvalue weighted by Crippen LogP contribution is -2.15. The smallest absolute Gasteiger partial charge is 0.411 e. The zero-order chi connectivity index (χ0) is 106. The predicted octanol–water partition coefficient (Wildman–Crippen LogP) is 29.1. The number of aryl methyl sites for hydroxylation is 20. The molecule has 766 valence electrons. The molecule has 144 heavy (non-hydrogen) atoms. The van der Waals surface area contributed by atoms with Gasteiger partial charge in [-0.25, -0.2) is 28.8 Å². The summed E-state index contributed by atoms with van der Waals surface area (Å²) in [6.45, 7) is 45.6. The standard InChI is InChI=1S/C21H25NO3.C20H25NO4.C20H25NO3.C19H23NO4.C19H23NO3.C18H20BrNO3/c1-13-10-15(3)19(11-14(13)2)25-12-17-6-5-7-18(16-8-9-16)20(17)22-21(23)24-4;1-6-24-17-9-7-8-16(19(17)21-20(22)23-5)12-25-18-11-14(3)13(2)10-15(18)4;1-6-16-8-7-9-17(19(16)21-20(22)23-5)12-24-18-11-14(3)13(2)10-15(18)4;1-12-9-14(3)17(10-13(12)2)24-11-15-7-6-8-16(22-4)18(15)20-19(21)23-5;1-12-7-6-8-16(18(12)20-19(21)22-5)11-23-17-10-14(3)13(2)9-15(17)4;1-11-8-13(3)16(9-12(11)2)23-10-14-6-5-7-15(19)17(14)20-18(21)22-4/h5-7,10-11,16H,8-9,12H2,1-4H3,(H,22,23);7-11H,6,12H2,1-5H3,(H,21,22);7-11H,6,12H2,1-5H3,(H,21,22);6-10H,11H2,1-5H3,(H,20,21);6-10H,11H2,1-5H3,(H,20,21);5-9H,10H2,1-4H3,(H,20,21). The summed E-state index contributed by atoms with van der Waals surface area (Å²) in [6, 6.07) is 59.6. The Morgan fingerprint density at radius 1 is 0.243 bits per heavy atom. The van der Waals surface area contributed by atoms with Crippen molar-refractivity contribution in [2.24, 2.45) is 0 Å². The Morgan fingerprint density at radius 2 is 0.479 bits per heavy atom. The first-order valence-corrected chi connectivity index (χ1v) is 48.3. The molecule has 26 nitrogen and oxygen atoms in total. The molecule has 12 aromatic rings. The van der Waals surface area contributed by atoms with E-state index >= 15 is 0 Å². The van der Waals surface area contributed by atoms with Gasteiger partial charge in [0.25, 0.3) is 0 Å². The summed E-state index contributed by atoms with van der Waals surface area (Å²) >= 11 is 3.44. The zero-order valence-electron chi connectivity index (χ0n) is 88.5. The van der Waals surface area contributed by atoms with Crippen LogP contribution in [0, 0.1) is 132 Å². The van der Waals surface area contributed by atoms with Gasteiger partial charge in [-0.15, -0.1) is 0 Å². The number of hydrogen-bond donors (Lipinski definition) is 6. The van der Waals surface area contributed by atoms with Gasteiger partial charge in [0, 0.05) is 37.9 Å². The topological polar surface area (TPSA) is 304 Å². The van der Waals surface area contributed by atoms with Gasteiger partial charge in [0.2, 0.25) is 0 Å². The molecule has 0 aromatic heterocycles. The van der Waals surface area contributed by atoms with E-state index in [1.165, 1.54) is 115 Å². The molecule has 0 saturated heterocycles. The van der Waals surface area contributed by atoms with E-state index in [-0.39, 0.29) is 0 Å². The van der Waals surface area contributed by atoms with Crippen molar-refractivity contribution in [2.75, 3.05) is 88.3 Å². The quantitative estimate of drug-likeness (QED) is 0.0237. The first-order chi connectivity index (χ1) is 68.7. The number of para-hydroxylation sites is 6. The summed E-state index contributed by atoms with van der Waals surface area (Å²) in [6.07, 6.45) is 0.126. The fraction of sp³-hybridized carbons (Fsp3) is 0.333. The van der Waals surface area contributed by atoms with Gasteiger partial charge < -0.3 is 66.3 Å². The fourth-order valence-corrected chi connectivity index (χ4v) is 15.7. The van der Waals surface area contributed by atoms with Gasteiger partial charge in [0.1, 0.15) is 85.6 Å². The highest BCUT2D eigenvalue weighted by molar-refractivity contribution is 9.10. The Hall–Kier alpha value is -14.9. The Kier molecular flexibility index (Phi) is 44.6. The van der Waals surface area contributed by atoms with Gasteiger partial charge in [-0.3, -0.25) is 31.9 Å². The van der Waals surface area contributed by atoms with Crippen LogP contribution >= 0.6 is 15.9 Å². The largest absolute Gasteiger partial charge is 0.495 e. The van der Waals surface area contributed by atoms with E-state index in [2.05, 4.69) is 214 Å². The van der Waals surface area contributed by atoms with Crippen LogP contribution in [0.5, 0.6) is 46.0 Å². The van der Waals surface area contributed by atoms with Gasteiger partial charge in [-0.2, -0.15) is 0 Å². The van der Waals surface area contributed by atoms with Gasteiger partial charge in [-0.1, -0.05) is 134 Å². The maximum absolute atomic E-state index is 11.8. The molecule has 0 aliphatic heterocycles. The molecule has 0 bridgehead atoms. The molecule has 0 radical (unpaired) electrons. The van der Waals surface area contributed by atoms with Gasteiger partial charge >= 0.3 is 36.6 Å². The number of hydrogen-bond acceptors (Lipinski definition) is 20. The summed E-state index contributed by atoms with van der Waals surface area (Å²) in [5, 5.41) is 16.6. The minimum Gasteiger partial charge on any atom is -0.495 e. The van der Waals surface area contributed by atoms with Gasteiger partial charge in [-0.05, 0) is 351 Å². The second-order valence-corrected chi connectivity index (χ2v) is 36.1. The van der Waals surface area contributed by atoms with Crippen LogP contribution in [0.15, 0.2) is 186 Å². The number of carbonyl (C=O) groups excluding carboxylic acids is 6. The van der Waals surface area contributed by atoms with E-state index in [0.717, 1.165) is 153 Å². The number of rotatable bonds is 29. The molecular formula is C117H141BrN6O20. The van der Waals surface area contributed by atoms with Crippen molar-refractivity contribution in [3.05, 3.63) is 337 Å². The molecule has 12 aromatic carbocycles. The molecule has 1 aliphatic rings. The number of carbonyl (C=O) groups is 6. The molecule has 1 fully saturated rings. The van der Waals surface area contributed by atoms with Crippen molar-refractivity contribution in [1.29, 1.82) is 0 Å². The third-order valence-corrected chi connectivity index (χ3v) is 25.2.